The van der Waals surface area contributed by atoms with Crippen LogP contribution in [-0.2, 0) is 4.79 Å². The molecule has 0 aliphatic rings. The van der Waals surface area contributed by atoms with E-state index in [0.717, 1.165) is 17.9 Å². The van der Waals surface area contributed by atoms with Gasteiger partial charge in [-0.15, -0.1) is 11.3 Å². The van der Waals surface area contributed by atoms with Crippen LogP contribution < -0.4 is 10.6 Å². The minimum atomic E-state index is -0.549. The van der Waals surface area contributed by atoms with Gasteiger partial charge in [0.15, 0.2) is 0 Å². The average Bonchev–Trinajstić information content (AvgIpc) is 2.96. The highest BCUT2D eigenvalue weighted by molar-refractivity contribution is 7.99. The molecule has 1 aromatic heterocycles. The third-order valence-corrected chi connectivity index (χ3v) is 4.42. The summed E-state index contributed by atoms with van der Waals surface area (Å²) in [4.78, 5) is 24.1. The summed E-state index contributed by atoms with van der Waals surface area (Å²) in [6.45, 7) is 2.43. The summed E-state index contributed by atoms with van der Waals surface area (Å²) in [5.74, 6) is 1.28. The van der Waals surface area contributed by atoms with E-state index in [-0.39, 0.29) is 18.4 Å². The average molecular weight is 316 g/mol. The van der Waals surface area contributed by atoms with E-state index in [2.05, 4.69) is 10.6 Å². The van der Waals surface area contributed by atoms with Crippen molar-refractivity contribution in [3.05, 3.63) is 22.4 Å². The van der Waals surface area contributed by atoms with E-state index in [9.17, 15) is 9.59 Å². The molecule has 0 aliphatic heterocycles. The van der Waals surface area contributed by atoms with Gasteiger partial charge in [0, 0.05) is 18.9 Å². The zero-order chi connectivity index (χ0) is 14.8. The molecule has 0 bridgehead atoms. The maximum absolute atomic E-state index is 11.8. The lowest BCUT2D eigenvalue weighted by molar-refractivity contribution is -0.122. The molecule has 1 heterocycles. The van der Waals surface area contributed by atoms with Gasteiger partial charge in [0.2, 0.25) is 5.91 Å². The van der Waals surface area contributed by atoms with Crippen LogP contribution in [0.25, 0.3) is 0 Å². The molecule has 7 heteroatoms. The molecule has 1 unspecified atom stereocenters. The second-order valence-electron chi connectivity index (χ2n) is 4.15. The van der Waals surface area contributed by atoms with E-state index >= 15 is 0 Å². The Morgan fingerprint density at radius 1 is 1.45 bits per heavy atom. The number of amides is 2. The van der Waals surface area contributed by atoms with Crippen LogP contribution in [0.15, 0.2) is 17.5 Å². The molecular weight excluding hydrogens is 296 g/mol. The molecule has 20 heavy (non-hydrogen) atoms. The summed E-state index contributed by atoms with van der Waals surface area (Å²) in [6, 6.07) is 2.98. The smallest absolute Gasteiger partial charge is 0.261 e. The first-order chi connectivity index (χ1) is 9.65. The molecule has 5 nitrogen and oxygen atoms in total. The number of carbonyl (C=O) groups is 2. The number of aliphatic hydroxyl groups excluding tert-OH is 1. The second kappa shape index (κ2) is 9.79. The van der Waals surface area contributed by atoms with E-state index < -0.39 is 6.04 Å². The Labute approximate surface area is 127 Å². The van der Waals surface area contributed by atoms with Crippen LogP contribution in [0.4, 0.5) is 0 Å². The van der Waals surface area contributed by atoms with E-state index in [1.807, 2.05) is 5.38 Å². The largest absolute Gasteiger partial charge is 0.396 e. The Morgan fingerprint density at radius 3 is 2.90 bits per heavy atom. The maximum atomic E-state index is 11.8. The minimum absolute atomic E-state index is 0.183. The first kappa shape index (κ1) is 17.0. The second-order valence-corrected chi connectivity index (χ2v) is 6.33. The number of carbonyl (C=O) groups excluding carboxylic acids is 2. The topological polar surface area (TPSA) is 78.4 Å². The van der Waals surface area contributed by atoms with Crippen LogP contribution in [0, 0.1) is 0 Å². The minimum Gasteiger partial charge on any atom is -0.396 e. The number of hydrogen-bond donors (Lipinski definition) is 3. The van der Waals surface area contributed by atoms with E-state index in [1.165, 1.54) is 11.3 Å². The lowest BCUT2D eigenvalue weighted by Gasteiger charge is -2.13. The zero-order valence-electron chi connectivity index (χ0n) is 11.4. The molecule has 2 amide bonds. The van der Waals surface area contributed by atoms with Gasteiger partial charge >= 0.3 is 0 Å². The zero-order valence-corrected chi connectivity index (χ0v) is 13.1. The molecule has 1 rings (SSSR count). The van der Waals surface area contributed by atoms with Gasteiger partial charge in [-0.05, 0) is 30.5 Å². The number of aliphatic hydroxyl groups is 1. The van der Waals surface area contributed by atoms with Crippen molar-refractivity contribution < 1.29 is 14.7 Å². The van der Waals surface area contributed by atoms with E-state index in [0.29, 0.717) is 11.4 Å². The van der Waals surface area contributed by atoms with Crippen molar-refractivity contribution in [2.24, 2.45) is 0 Å². The fourth-order valence-electron chi connectivity index (χ4n) is 1.41. The molecule has 0 spiro atoms. The molecule has 0 saturated heterocycles. The van der Waals surface area contributed by atoms with Gasteiger partial charge in [0.05, 0.1) is 4.88 Å². The third kappa shape index (κ3) is 6.40. The molecule has 0 radical (unpaired) electrons. The Balaban J connectivity index is 2.17. The summed E-state index contributed by atoms with van der Waals surface area (Å²) < 4.78 is 0. The lowest BCUT2D eigenvalue weighted by Crippen LogP contribution is -2.45. The summed E-state index contributed by atoms with van der Waals surface area (Å²) in [5, 5.41) is 15.9. The fraction of sp³-hybridized carbons (Fsp3) is 0.538. The Morgan fingerprint density at radius 2 is 2.25 bits per heavy atom. The van der Waals surface area contributed by atoms with Gasteiger partial charge in [0.1, 0.15) is 6.04 Å². The normalized spacial score (nSPS) is 11.9. The number of thioether (sulfide) groups is 1. The highest BCUT2D eigenvalue weighted by Crippen LogP contribution is 2.08. The van der Waals surface area contributed by atoms with Gasteiger partial charge in [-0.2, -0.15) is 11.8 Å². The Bertz CT molecular complexity index is 410. The standard InChI is InChI=1S/C13H20N2O3S2/c1-10(15-13(18)11-4-2-8-20-11)12(17)14-5-9-19-7-3-6-16/h2,4,8,10,16H,3,5-7,9H2,1H3,(H,14,17)(H,15,18). The van der Waals surface area contributed by atoms with E-state index in [4.69, 9.17) is 5.11 Å². The predicted molar refractivity (Wildman–Crippen MR) is 83.3 cm³/mol. The number of hydrogen-bond acceptors (Lipinski definition) is 5. The van der Waals surface area contributed by atoms with Crippen LogP contribution in [0.2, 0.25) is 0 Å². The first-order valence-corrected chi connectivity index (χ1v) is 8.49. The maximum Gasteiger partial charge on any atom is 0.261 e. The van der Waals surface area contributed by atoms with E-state index in [1.54, 1.807) is 30.8 Å². The Kier molecular flexibility index (Phi) is 8.32. The van der Waals surface area contributed by atoms with Crippen molar-refractivity contribution in [1.82, 2.24) is 10.6 Å². The molecule has 0 fully saturated rings. The third-order valence-electron chi connectivity index (χ3n) is 2.48. The monoisotopic (exact) mass is 316 g/mol. The number of thiophene rings is 1. The van der Waals surface area contributed by atoms with Gasteiger partial charge < -0.3 is 15.7 Å². The summed E-state index contributed by atoms with van der Waals surface area (Å²) in [7, 11) is 0. The van der Waals surface area contributed by atoms with Crippen molar-refractivity contribution in [2.75, 3.05) is 24.7 Å². The van der Waals surface area contributed by atoms with Crippen molar-refractivity contribution in [2.45, 2.75) is 19.4 Å². The molecule has 1 atom stereocenters. The van der Waals surface area contributed by atoms with Crippen LogP contribution in [0.1, 0.15) is 23.0 Å². The van der Waals surface area contributed by atoms with Crippen molar-refractivity contribution in [1.29, 1.82) is 0 Å². The fourth-order valence-corrected chi connectivity index (χ4v) is 2.82. The van der Waals surface area contributed by atoms with Crippen molar-refractivity contribution >= 4 is 34.9 Å². The van der Waals surface area contributed by atoms with Crippen LogP contribution >= 0.6 is 23.1 Å². The number of rotatable bonds is 9. The van der Waals surface area contributed by atoms with Crippen LogP contribution in [0.3, 0.4) is 0 Å². The quantitative estimate of drug-likeness (QED) is 0.596. The highest BCUT2D eigenvalue weighted by atomic mass is 32.2. The lowest BCUT2D eigenvalue weighted by atomic mass is 10.3. The first-order valence-electron chi connectivity index (χ1n) is 6.46. The van der Waals surface area contributed by atoms with Crippen LogP contribution in [-0.4, -0.2) is 47.6 Å². The number of nitrogens with one attached hydrogen (secondary N) is 2. The summed E-state index contributed by atoms with van der Waals surface area (Å²) in [5.41, 5.74) is 0. The van der Waals surface area contributed by atoms with Gasteiger partial charge in [-0.25, -0.2) is 0 Å². The van der Waals surface area contributed by atoms with Gasteiger partial charge in [-0.3, -0.25) is 9.59 Å². The SMILES string of the molecule is CC(NC(=O)c1cccs1)C(=O)NCCSCCCO. The molecular formula is C13H20N2O3S2. The molecule has 0 aliphatic carbocycles. The predicted octanol–water partition coefficient (Wildman–Crippen LogP) is 1.10. The summed E-state index contributed by atoms with van der Waals surface area (Å²) in [6.07, 6.45) is 0.770. The molecule has 1 aromatic rings. The molecule has 0 aromatic carbocycles. The van der Waals surface area contributed by atoms with Gasteiger partial charge in [-0.1, -0.05) is 6.07 Å². The van der Waals surface area contributed by atoms with Gasteiger partial charge in [0.25, 0.3) is 5.91 Å². The summed E-state index contributed by atoms with van der Waals surface area (Å²) >= 11 is 3.03. The van der Waals surface area contributed by atoms with Crippen LogP contribution in [0.5, 0.6) is 0 Å². The molecule has 0 saturated carbocycles. The molecule has 112 valence electrons. The Hall–Kier alpha value is -1.05. The highest BCUT2D eigenvalue weighted by Gasteiger charge is 2.16. The van der Waals surface area contributed by atoms with Crippen molar-refractivity contribution in [3.63, 3.8) is 0 Å². The van der Waals surface area contributed by atoms with Crippen molar-refractivity contribution in [3.8, 4) is 0 Å². The molecule has 3 N–H and O–H groups in total.